The number of carbonyl (C=O) groups excluding carboxylic acids is 5. The molecule has 3 unspecified atom stereocenters. The van der Waals surface area contributed by atoms with Crippen molar-refractivity contribution in [2.45, 2.75) is 207 Å². The molecular weight excluding hydrogens is 809 g/mol. The number of hydrogen-bond donors (Lipinski definition) is 3. The van der Waals surface area contributed by atoms with Gasteiger partial charge in [-0.3, -0.25) is 29.1 Å². The minimum absolute atomic E-state index is 0.119. The van der Waals surface area contributed by atoms with Crippen LogP contribution in [0.5, 0.6) is 0 Å². The number of carbonyl (C=O) groups is 5. The van der Waals surface area contributed by atoms with Gasteiger partial charge in [0, 0.05) is 32.7 Å². The molecule has 0 fully saturated rings. The zero-order valence-electron chi connectivity index (χ0n) is 40.7. The van der Waals surface area contributed by atoms with Crippen LogP contribution >= 0.6 is 0 Å². The van der Waals surface area contributed by atoms with E-state index >= 15 is 0 Å². The van der Waals surface area contributed by atoms with Crippen molar-refractivity contribution in [3.63, 3.8) is 0 Å². The topological polar surface area (TPSA) is 180 Å². The number of unbranched alkanes of at least 4 members (excludes halogenated alkanes) is 17. The van der Waals surface area contributed by atoms with Crippen LogP contribution in [0.4, 0.5) is 9.59 Å². The summed E-state index contributed by atoms with van der Waals surface area (Å²) in [4.78, 5) is 83.8. The maximum atomic E-state index is 13.5. The van der Waals surface area contributed by atoms with E-state index in [1.807, 2.05) is 4.90 Å². The van der Waals surface area contributed by atoms with E-state index in [4.69, 9.17) is 9.47 Å². The molecule has 3 atom stereocenters. The van der Waals surface area contributed by atoms with Crippen molar-refractivity contribution in [2.75, 3.05) is 60.2 Å². The third-order valence-electron chi connectivity index (χ3n) is 11.4. The third kappa shape index (κ3) is 35.8. The average molecular weight is 901 g/mol. The van der Waals surface area contributed by atoms with Gasteiger partial charge in [0.15, 0.2) is 0 Å². The van der Waals surface area contributed by atoms with Crippen LogP contribution in [-0.4, -0.2) is 101 Å². The molecule has 15 nitrogen and oxygen atoms in total. The van der Waals surface area contributed by atoms with Crippen LogP contribution in [0.2, 0.25) is 0 Å². The number of ether oxygens (including phenoxy) is 2. The lowest BCUT2D eigenvalue weighted by Gasteiger charge is -2.24. The largest absolute Gasteiger partial charge is 0.464 e. The first-order chi connectivity index (χ1) is 30.7. The van der Waals surface area contributed by atoms with E-state index in [0.717, 1.165) is 103 Å². The highest BCUT2D eigenvalue weighted by Gasteiger charge is 2.24. The fourth-order valence-corrected chi connectivity index (χ4v) is 7.60. The zero-order chi connectivity index (χ0) is 46.6. The van der Waals surface area contributed by atoms with Crippen molar-refractivity contribution in [2.24, 2.45) is 11.8 Å². The Morgan fingerprint density at radius 2 is 0.841 bits per heavy atom. The lowest BCUT2D eigenvalue weighted by Crippen LogP contribution is -2.48. The van der Waals surface area contributed by atoms with Crippen LogP contribution in [0.25, 0.3) is 0 Å². The van der Waals surface area contributed by atoms with E-state index in [2.05, 4.69) is 63.2 Å². The predicted octanol–water partition coefficient (Wildman–Crippen LogP) is 10.3. The highest BCUT2D eigenvalue weighted by atomic mass is 17.2. The summed E-state index contributed by atoms with van der Waals surface area (Å²) in [7, 11) is 2.42. The summed E-state index contributed by atoms with van der Waals surface area (Å²) in [6.45, 7) is 10.8. The zero-order valence-corrected chi connectivity index (χ0v) is 40.7. The second-order valence-corrected chi connectivity index (χ2v) is 16.9. The van der Waals surface area contributed by atoms with Gasteiger partial charge >= 0.3 is 24.1 Å². The Hall–Kier alpha value is -3.17. The number of esters is 2. The summed E-state index contributed by atoms with van der Waals surface area (Å²) in [6, 6.07) is -0.934. The van der Waals surface area contributed by atoms with E-state index in [9.17, 15) is 24.0 Å². The summed E-state index contributed by atoms with van der Waals surface area (Å²) >= 11 is 0. The Kier molecular flexibility index (Phi) is 41.8. The number of nitrogens with zero attached hydrogens (tertiary/aromatic N) is 1. The third-order valence-corrected chi connectivity index (χ3v) is 11.4. The summed E-state index contributed by atoms with van der Waals surface area (Å²) in [6.07, 6.45) is 25.9. The molecule has 0 saturated carbocycles. The highest BCUT2D eigenvalue weighted by Crippen LogP contribution is 2.22. The van der Waals surface area contributed by atoms with E-state index in [1.165, 1.54) is 65.6 Å². The summed E-state index contributed by atoms with van der Waals surface area (Å²) in [5.41, 5.74) is 0. The molecule has 0 aromatic heterocycles. The van der Waals surface area contributed by atoms with Gasteiger partial charge in [0.1, 0.15) is 19.3 Å². The van der Waals surface area contributed by atoms with Gasteiger partial charge in [-0.2, -0.15) is 9.78 Å². The van der Waals surface area contributed by atoms with Crippen molar-refractivity contribution < 1.29 is 53.0 Å². The lowest BCUT2D eigenvalue weighted by molar-refractivity contribution is -0.213. The number of nitrogens with one attached hydrogen (secondary N) is 3. The average Bonchev–Trinajstić information content (AvgIpc) is 3.26. The quantitative estimate of drug-likeness (QED) is 0.0228. The van der Waals surface area contributed by atoms with E-state index in [0.29, 0.717) is 32.5 Å². The Balaban J connectivity index is 5.70. The second kappa shape index (κ2) is 44.1. The van der Waals surface area contributed by atoms with Gasteiger partial charge in [-0.25, -0.2) is 9.59 Å². The minimum Gasteiger partial charge on any atom is -0.464 e. The van der Waals surface area contributed by atoms with E-state index < -0.39 is 24.1 Å². The number of rotatable bonds is 44. The van der Waals surface area contributed by atoms with Gasteiger partial charge in [0.05, 0.1) is 26.1 Å². The molecule has 63 heavy (non-hydrogen) atoms. The fourth-order valence-electron chi connectivity index (χ4n) is 7.60. The molecular formula is C48H92N4O11. The van der Waals surface area contributed by atoms with Crippen LogP contribution in [0, 0.1) is 11.8 Å². The SMILES string of the molecule is CCCCCCCCC(CCCCCC)C(=O)OCCN(CCNC(=O)C(CCCCNC(=O)OOC)NC(=O)OOC)CCOC(=O)C(CCCCCC)CCCCCCCC. The standard InChI is InChI=1S/C48H92N4O11/c1-7-11-15-19-21-25-31-41(29-23-17-13-9-3)45(54)60-39-37-52(38-40-61-46(55)42(30-24-18-14-10-4)32-26-22-20-16-12-8-2)36-35-49-44(53)43(51-48(57)63-59-6)33-27-28-34-50-47(56)62-58-5/h41-43H,7-40H2,1-6H3,(H,49,53)(H,50,56)(H,51,57). The van der Waals surface area contributed by atoms with Crippen LogP contribution in [0.3, 0.4) is 0 Å². The minimum atomic E-state index is -0.934. The van der Waals surface area contributed by atoms with Crippen LogP contribution in [0.15, 0.2) is 0 Å². The van der Waals surface area contributed by atoms with Gasteiger partial charge in [-0.15, -0.1) is 0 Å². The molecule has 0 aliphatic heterocycles. The Bertz CT molecular complexity index is 1080. The molecule has 3 amide bonds. The molecule has 3 N–H and O–H groups in total. The van der Waals surface area contributed by atoms with Crippen molar-refractivity contribution in [3.8, 4) is 0 Å². The Morgan fingerprint density at radius 1 is 0.444 bits per heavy atom. The Morgan fingerprint density at radius 3 is 1.29 bits per heavy atom. The molecule has 15 heteroatoms. The molecule has 0 spiro atoms. The molecule has 0 aromatic carbocycles. The van der Waals surface area contributed by atoms with Crippen LogP contribution < -0.4 is 16.0 Å². The van der Waals surface area contributed by atoms with Crippen molar-refractivity contribution in [3.05, 3.63) is 0 Å². The van der Waals surface area contributed by atoms with Gasteiger partial charge in [0.2, 0.25) is 5.91 Å². The van der Waals surface area contributed by atoms with E-state index in [-0.39, 0.29) is 56.5 Å². The number of hydrogen-bond acceptors (Lipinski definition) is 12. The molecule has 0 heterocycles. The molecule has 0 aliphatic carbocycles. The van der Waals surface area contributed by atoms with Gasteiger partial charge < -0.3 is 25.4 Å². The highest BCUT2D eigenvalue weighted by molar-refractivity contribution is 5.85. The smallest absolute Gasteiger partial charge is 0.439 e. The van der Waals surface area contributed by atoms with Gasteiger partial charge in [0.25, 0.3) is 0 Å². The monoisotopic (exact) mass is 901 g/mol. The fraction of sp³-hybridized carbons (Fsp3) is 0.896. The van der Waals surface area contributed by atoms with E-state index in [1.54, 1.807) is 0 Å². The molecule has 0 aliphatic rings. The summed E-state index contributed by atoms with van der Waals surface area (Å²) in [5.74, 6) is -0.960. The van der Waals surface area contributed by atoms with Gasteiger partial charge in [-0.1, -0.05) is 156 Å². The molecule has 0 saturated heterocycles. The number of amides is 3. The normalized spacial score (nSPS) is 12.6. The first kappa shape index (κ1) is 59.8. The van der Waals surface area contributed by atoms with Crippen molar-refractivity contribution >= 4 is 30.0 Å². The summed E-state index contributed by atoms with van der Waals surface area (Å²) < 4.78 is 11.9. The first-order valence-corrected chi connectivity index (χ1v) is 25.0. The molecule has 370 valence electrons. The second-order valence-electron chi connectivity index (χ2n) is 16.9. The van der Waals surface area contributed by atoms with Crippen LogP contribution in [-0.2, 0) is 43.4 Å². The van der Waals surface area contributed by atoms with Gasteiger partial charge in [-0.05, 0) is 44.9 Å². The summed E-state index contributed by atoms with van der Waals surface area (Å²) in [5, 5.41) is 7.96. The maximum absolute atomic E-state index is 13.5. The Labute approximate surface area is 382 Å². The van der Waals surface area contributed by atoms with Crippen molar-refractivity contribution in [1.82, 2.24) is 20.9 Å². The molecule has 0 rings (SSSR count). The molecule has 0 radical (unpaired) electrons. The molecule has 0 aromatic rings. The van der Waals surface area contributed by atoms with Crippen LogP contribution in [0.1, 0.15) is 201 Å². The lowest BCUT2D eigenvalue weighted by atomic mass is 9.94. The predicted molar refractivity (Wildman–Crippen MR) is 248 cm³/mol. The first-order valence-electron chi connectivity index (χ1n) is 25.0. The van der Waals surface area contributed by atoms with Crippen molar-refractivity contribution in [1.29, 1.82) is 0 Å². The molecule has 0 bridgehead atoms. The maximum Gasteiger partial charge on any atom is 0.439 e.